The fraction of sp³-hybridized carbons (Fsp3) is 0. The Bertz CT molecular complexity index is 1030. The number of nitriles is 1. The maximum atomic E-state index is 12.1. The molecule has 0 saturated carbocycles. The number of hydrogen-bond donors (Lipinski definition) is 1. The van der Waals surface area contributed by atoms with E-state index in [0.717, 1.165) is 8.27 Å². The quantitative estimate of drug-likeness (QED) is 0.374. The van der Waals surface area contributed by atoms with Gasteiger partial charge in [-0.1, -0.05) is 30.3 Å². The first-order valence-corrected chi connectivity index (χ1v) is 8.50. The van der Waals surface area contributed by atoms with Crippen molar-refractivity contribution in [3.8, 4) is 6.07 Å². The van der Waals surface area contributed by atoms with Gasteiger partial charge in [0.1, 0.15) is 22.4 Å². The van der Waals surface area contributed by atoms with Crippen LogP contribution in [0.25, 0.3) is 21.4 Å². The number of aliphatic hydroxyl groups is 1. The molecule has 0 atom stereocenters. The number of aliphatic hydroxyl groups excluding tert-OH is 1. The van der Waals surface area contributed by atoms with Crippen LogP contribution < -0.4 is 5.56 Å². The van der Waals surface area contributed by atoms with Crippen molar-refractivity contribution < 1.29 is 5.11 Å². The van der Waals surface area contributed by atoms with Gasteiger partial charge in [-0.3, -0.25) is 4.79 Å². The number of hydrogen-bond acceptors (Lipinski definition) is 5. The molecule has 3 rings (SSSR count). The second-order valence-electron chi connectivity index (χ2n) is 4.64. The van der Waals surface area contributed by atoms with Crippen LogP contribution in [0.5, 0.6) is 0 Å². The van der Waals surface area contributed by atoms with Crippen molar-refractivity contribution in [1.82, 2.24) is 4.98 Å². The maximum absolute atomic E-state index is 12.1. The van der Waals surface area contributed by atoms with E-state index in [-0.39, 0.29) is 16.3 Å². The Labute approximate surface area is 149 Å². The molecule has 0 spiro atoms. The van der Waals surface area contributed by atoms with E-state index in [9.17, 15) is 15.2 Å². The highest BCUT2D eigenvalue weighted by Crippen LogP contribution is 2.29. The third kappa shape index (κ3) is 2.98. The summed E-state index contributed by atoms with van der Waals surface area (Å²) < 4.78 is 1.54. The number of rotatable bonds is 2. The number of fused-ring (bicyclic) bond motifs is 1. The zero-order valence-electron chi connectivity index (χ0n) is 11.7. The lowest BCUT2D eigenvalue weighted by Gasteiger charge is -2.06. The van der Waals surface area contributed by atoms with Gasteiger partial charge < -0.3 is 5.11 Å². The summed E-state index contributed by atoms with van der Waals surface area (Å²) in [6.07, 6.45) is 0. The average molecular weight is 432 g/mol. The minimum absolute atomic E-state index is 0.00182. The molecule has 1 N–H and O–H groups in total. The van der Waals surface area contributed by atoms with Gasteiger partial charge in [0.15, 0.2) is 0 Å². The van der Waals surface area contributed by atoms with E-state index in [4.69, 9.17) is 0 Å². The highest BCUT2D eigenvalue weighted by atomic mass is 127. The normalized spacial score (nSPS) is 11.8. The van der Waals surface area contributed by atoms with E-state index < -0.39 is 5.56 Å². The summed E-state index contributed by atoms with van der Waals surface area (Å²) in [5, 5.41) is 20.7. The van der Waals surface area contributed by atoms with Crippen molar-refractivity contribution in [2.75, 3.05) is 0 Å². The van der Waals surface area contributed by atoms with Gasteiger partial charge >= 0.3 is 0 Å². The lowest BCUT2D eigenvalue weighted by molar-refractivity contribution is 0.513. The summed E-state index contributed by atoms with van der Waals surface area (Å²) in [5.41, 5.74) is 0.138. The number of halogens is 1. The van der Waals surface area contributed by atoms with E-state index in [0.29, 0.717) is 10.9 Å². The van der Waals surface area contributed by atoms with Crippen LogP contribution in [0.4, 0.5) is 0 Å². The SMILES string of the molecule is N#CC(=C(O)c1ccccc1I)c1nc(=O)c2ccccc2s1. The average Bonchev–Trinajstić information content (AvgIpc) is 2.56. The van der Waals surface area contributed by atoms with Gasteiger partial charge in [0.2, 0.25) is 0 Å². The van der Waals surface area contributed by atoms with Crippen molar-refractivity contribution in [1.29, 1.82) is 5.26 Å². The van der Waals surface area contributed by atoms with Gasteiger partial charge in [0, 0.05) is 13.8 Å². The zero-order valence-corrected chi connectivity index (χ0v) is 14.6. The van der Waals surface area contributed by atoms with Crippen LogP contribution >= 0.6 is 33.9 Å². The third-order valence-electron chi connectivity index (χ3n) is 3.22. The fourth-order valence-electron chi connectivity index (χ4n) is 2.11. The molecule has 1 aromatic heterocycles. The van der Waals surface area contributed by atoms with Crippen molar-refractivity contribution in [2.24, 2.45) is 0 Å². The predicted octanol–water partition coefficient (Wildman–Crippen LogP) is 4.21. The summed E-state index contributed by atoms with van der Waals surface area (Å²) in [5.74, 6) is -0.170. The topological polar surface area (TPSA) is 74.0 Å². The molecule has 0 aliphatic heterocycles. The Hall–Kier alpha value is -2.24. The number of nitrogens with zero attached hydrogens (tertiary/aromatic N) is 2. The van der Waals surface area contributed by atoms with E-state index >= 15 is 0 Å². The second kappa shape index (κ2) is 6.48. The van der Waals surface area contributed by atoms with Crippen LogP contribution in [0.2, 0.25) is 0 Å². The third-order valence-corrected chi connectivity index (χ3v) is 5.22. The molecule has 3 aromatic rings. The highest BCUT2D eigenvalue weighted by Gasteiger charge is 2.16. The lowest BCUT2D eigenvalue weighted by Crippen LogP contribution is -2.07. The maximum Gasteiger partial charge on any atom is 0.279 e. The number of benzene rings is 2. The number of allylic oxidation sites excluding steroid dienone is 1. The molecule has 1 heterocycles. The van der Waals surface area contributed by atoms with Gasteiger partial charge in [-0.25, -0.2) is 0 Å². The molecule has 0 unspecified atom stereocenters. The van der Waals surface area contributed by atoms with Crippen molar-refractivity contribution in [3.63, 3.8) is 0 Å². The zero-order chi connectivity index (χ0) is 16.4. The Morgan fingerprint density at radius 1 is 1.17 bits per heavy atom. The monoisotopic (exact) mass is 432 g/mol. The van der Waals surface area contributed by atoms with E-state index in [1.54, 1.807) is 30.3 Å². The molecule has 0 amide bonds. The molecule has 23 heavy (non-hydrogen) atoms. The predicted molar refractivity (Wildman–Crippen MR) is 100 cm³/mol. The van der Waals surface area contributed by atoms with Crippen LogP contribution in [-0.4, -0.2) is 10.1 Å². The summed E-state index contributed by atoms with van der Waals surface area (Å²) in [4.78, 5) is 16.1. The Morgan fingerprint density at radius 2 is 1.87 bits per heavy atom. The Morgan fingerprint density at radius 3 is 2.61 bits per heavy atom. The minimum atomic E-state index is -0.405. The molecular formula is C17H9IN2O2S. The molecule has 2 aromatic carbocycles. The molecule has 0 bridgehead atoms. The standard InChI is InChI=1S/C17H9IN2O2S/c18-13-7-3-1-5-10(13)15(21)12(9-19)17-20-16(22)11-6-2-4-8-14(11)23-17/h1-8,21H. The van der Waals surface area contributed by atoms with Crippen molar-refractivity contribution >= 4 is 55.3 Å². The highest BCUT2D eigenvalue weighted by molar-refractivity contribution is 14.1. The molecule has 4 nitrogen and oxygen atoms in total. The summed E-state index contributed by atoms with van der Waals surface area (Å²) >= 11 is 3.29. The number of aromatic nitrogens is 1. The smallest absolute Gasteiger partial charge is 0.279 e. The first-order valence-electron chi connectivity index (χ1n) is 6.60. The minimum Gasteiger partial charge on any atom is -0.506 e. The van der Waals surface area contributed by atoms with E-state index in [1.165, 1.54) is 11.3 Å². The molecule has 6 heteroatoms. The van der Waals surface area contributed by atoms with Gasteiger partial charge in [-0.15, -0.1) is 11.3 Å². The molecule has 112 valence electrons. The molecule has 0 aliphatic carbocycles. The van der Waals surface area contributed by atoms with Crippen LogP contribution in [0.1, 0.15) is 10.6 Å². The van der Waals surface area contributed by atoms with Gasteiger partial charge in [-0.2, -0.15) is 10.2 Å². The van der Waals surface area contributed by atoms with Crippen molar-refractivity contribution in [3.05, 3.63) is 73.0 Å². The summed E-state index contributed by atoms with van der Waals surface area (Å²) in [6, 6.07) is 16.2. The van der Waals surface area contributed by atoms with Crippen LogP contribution in [-0.2, 0) is 0 Å². The van der Waals surface area contributed by atoms with E-state index in [1.807, 2.05) is 24.3 Å². The summed E-state index contributed by atoms with van der Waals surface area (Å²) in [7, 11) is 0. The lowest BCUT2D eigenvalue weighted by atomic mass is 10.1. The van der Waals surface area contributed by atoms with Gasteiger partial charge in [0.05, 0.1) is 5.39 Å². The first-order chi connectivity index (χ1) is 11.1. The molecule has 0 aliphatic rings. The molecular weight excluding hydrogens is 423 g/mol. The van der Waals surface area contributed by atoms with E-state index in [2.05, 4.69) is 27.6 Å². The largest absolute Gasteiger partial charge is 0.506 e. The van der Waals surface area contributed by atoms with Crippen LogP contribution in [0.15, 0.2) is 53.3 Å². The van der Waals surface area contributed by atoms with Crippen molar-refractivity contribution in [2.45, 2.75) is 0 Å². The fourth-order valence-corrected chi connectivity index (χ4v) is 3.74. The Balaban J connectivity index is 2.27. The molecule has 0 saturated heterocycles. The summed E-state index contributed by atoms with van der Waals surface area (Å²) in [6.45, 7) is 0. The molecule has 0 radical (unpaired) electrons. The first kappa shape index (κ1) is 15.6. The van der Waals surface area contributed by atoms with Gasteiger partial charge in [-0.05, 0) is 40.8 Å². The Kier molecular flexibility index (Phi) is 4.41. The second-order valence-corrected chi connectivity index (χ2v) is 6.83. The van der Waals surface area contributed by atoms with Crippen LogP contribution in [0, 0.1) is 14.9 Å². The van der Waals surface area contributed by atoms with Gasteiger partial charge in [0.25, 0.3) is 5.56 Å². The van der Waals surface area contributed by atoms with Crippen LogP contribution in [0.3, 0.4) is 0 Å². The molecule has 0 fully saturated rings.